The Hall–Kier alpha value is -4.20. The fourth-order valence-corrected chi connectivity index (χ4v) is 4.00. The van der Waals surface area contributed by atoms with Crippen molar-refractivity contribution in [2.45, 2.75) is 6.04 Å². The molecule has 1 aliphatic heterocycles. The highest BCUT2D eigenvalue weighted by Crippen LogP contribution is 2.32. The zero-order chi connectivity index (χ0) is 23.1. The number of nitrogens with zero attached hydrogens (tertiary/aromatic N) is 1. The van der Waals surface area contributed by atoms with Gasteiger partial charge in [0.15, 0.2) is 0 Å². The predicted molar refractivity (Wildman–Crippen MR) is 120 cm³/mol. The van der Waals surface area contributed by atoms with Crippen LogP contribution in [0.3, 0.4) is 0 Å². The number of aromatic amines is 1. The van der Waals surface area contributed by atoms with Gasteiger partial charge in [0.05, 0.1) is 11.2 Å². The molecule has 0 spiro atoms. The second-order valence-corrected chi connectivity index (χ2v) is 7.78. The number of aromatic nitrogens is 1. The van der Waals surface area contributed by atoms with Gasteiger partial charge in [0, 0.05) is 23.6 Å². The van der Waals surface area contributed by atoms with Gasteiger partial charge in [0.25, 0.3) is 11.8 Å². The summed E-state index contributed by atoms with van der Waals surface area (Å²) in [5, 5.41) is 3.36. The second kappa shape index (κ2) is 8.05. The van der Waals surface area contributed by atoms with Crippen LogP contribution in [0.1, 0.15) is 10.5 Å². The average Bonchev–Trinajstić information content (AvgIpc) is 3.23. The number of hydrogen-bond donors (Lipinski definition) is 2. The number of benzene rings is 3. The van der Waals surface area contributed by atoms with E-state index in [1.54, 1.807) is 55.6 Å². The minimum Gasteiger partial charge on any atom is -0.489 e. The molecule has 5 rings (SSSR count). The molecule has 0 unspecified atom stereocenters. The topological polar surface area (TPSA) is 74.4 Å². The number of likely N-dealkylation sites (N-methyl/N-ethyl adjacent to an activating group) is 1. The van der Waals surface area contributed by atoms with Crippen LogP contribution in [0.25, 0.3) is 22.0 Å². The van der Waals surface area contributed by atoms with Crippen LogP contribution in [0.15, 0.2) is 66.7 Å². The Labute approximate surface area is 187 Å². The standard InChI is InChI=1S/C25H19F2N3O3/c1-30-21-7-2-3-8-22(21)33-13-20(25(30)32)29-24(31)19-11-14-5-4-6-16(23(14)28-19)17-12-15(26)9-10-18(17)27/h2-12,20,28H,13H2,1H3,(H,29,31)/t20-/m0/s1. The summed E-state index contributed by atoms with van der Waals surface area (Å²) in [5.41, 5.74) is 1.80. The van der Waals surface area contributed by atoms with Crippen LogP contribution >= 0.6 is 0 Å². The number of halogens is 2. The van der Waals surface area contributed by atoms with Gasteiger partial charge >= 0.3 is 0 Å². The van der Waals surface area contributed by atoms with Gasteiger partial charge in [-0.25, -0.2) is 8.78 Å². The predicted octanol–water partition coefficient (Wildman–Crippen LogP) is 4.27. The lowest BCUT2D eigenvalue weighted by Gasteiger charge is -2.20. The molecule has 2 N–H and O–H groups in total. The summed E-state index contributed by atoms with van der Waals surface area (Å²) >= 11 is 0. The summed E-state index contributed by atoms with van der Waals surface area (Å²) in [5.74, 6) is -1.42. The fraction of sp³-hybridized carbons (Fsp3) is 0.120. The summed E-state index contributed by atoms with van der Waals surface area (Å²) in [7, 11) is 1.62. The first-order valence-electron chi connectivity index (χ1n) is 10.3. The van der Waals surface area contributed by atoms with E-state index in [9.17, 15) is 18.4 Å². The van der Waals surface area contributed by atoms with Crippen molar-refractivity contribution in [2.75, 3.05) is 18.6 Å². The quantitative estimate of drug-likeness (QED) is 0.493. The first-order chi connectivity index (χ1) is 15.9. The first-order valence-corrected chi connectivity index (χ1v) is 10.3. The highest BCUT2D eigenvalue weighted by Gasteiger charge is 2.31. The van der Waals surface area contributed by atoms with Crippen LogP contribution in [0.4, 0.5) is 14.5 Å². The molecule has 0 saturated carbocycles. The Morgan fingerprint density at radius 3 is 2.73 bits per heavy atom. The molecule has 0 fully saturated rings. The highest BCUT2D eigenvalue weighted by molar-refractivity contribution is 6.05. The lowest BCUT2D eigenvalue weighted by atomic mass is 10.0. The van der Waals surface area contributed by atoms with Gasteiger partial charge in [-0.3, -0.25) is 9.59 Å². The van der Waals surface area contributed by atoms with Crippen LogP contribution in [-0.4, -0.2) is 36.5 Å². The molecule has 1 aliphatic rings. The Morgan fingerprint density at radius 1 is 1.06 bits per heavy atom. The number of anilines is 1. The molecule has 1 atom stereocenters. The summed E-state index contributed by atoms with van der Waals surface area (Å²) in [6.45, 7) is -0.0219. The van der Waals surface area contributed by atoms with E-state index in [0.717, 1.165) is 18.2 Å². The number of para-hydroxylation sites is 3. The molecular weight excluding hydrogens is 428 g/mol. The number of rotatable bonds is 3. The third-order valence-corrected chi connectivity index (χ3v) is 5.69. The monoisotopic (exact) mass is 447 g/mol. The molecule has 0 bridgehead atoms. The van der Waals surface area contributed by atoms with Gasteiger partial charge in [0.2, 0.25) is 0 Å². The molecule has 33 heavy (non-hydrogen) atoms. The molecule has 1 aromatic heterocycles. The van der Waals surface area contributed by atoms with Gasteiger partial charge in [0.1, 0.15) is 35.7 Å². The number of fused-ring (bicyclic) bond motifs is 2. The summed E-state index contributed by atoms with van der Waals surface area (Å²) in [6.07, 6.45) is 0. The minimum absolute atomic E-state index is 0.0219. The zero-order valence-electron chi connectivity index (χ0n) is 17.6. The van der Waals surface area contributed by atoms with Crippen molar-refractivity contribution in [1.82, 2.24) is 10.3 Å². The smallest absolute Gasteiger partial charge is 0.268 e. The molecule has 2 amide bonds. The van der Waals surface area contributed by atoms with Crippen molar-refractivity contribution in [3.8, 4) is 16.9 Å². The fourth-order valence-electron chi connectivity index (χ4n) is 4.00. The van der Waals surface area contributed by atoms with Gasteiger partial charge in [-0.2, -0.15) is 0 Å². The van der Waals surface area contributed by atoms with Crippen molar-refractivity contribution in [3.63, 3.8) is 0 Å². The van der Waals surface area contributed by atoms with Crippen molar-refractivity contribution in [1.29, 1.82) is 0 Å². The van der Waals surface area contributed by atoms with Gasteiger partial charge in [-0.05, 0) is 36.4 Å². The van der Waals surface area contributed by atoms with E-state index < -0.39 is 23.6 Å². The molecule has 8 heteroatoms. The maximum absolute atomic E-state index is 14.4. The van der Waals surface area contributed by atoms with Gasteiger partial charge in [-0.15, -0.1) is 0 Å². The Bertz CT molecular complexity index is 1400. The lowest BCUT2D eigenvalue weighted by Crippen LogP contribution is -2.49. The molecule has 166 valence electrons. The van der Waals surface area contributed by atoms with Crippen molar-refractivity contribution in [2.24, 2.45) is 0 Å². The molecule has 2 heterocycles. The molecular formula is C25H19F2N3O3. The average molecular weight is 447 g/mol. The zero-order valence-corrected chi connectivity index (χ0v) is 17.6. The molecule has 0 radical (unpaired) electrons. The molecule has 0 aliphatic carbocycles. The molecule has 0 saturated heterocycles. The Morgan fingerprint density at radius 2 is 1.88 bits per heavy atom. The van der Waals surface area contributed by atoms with Crippen LogP contribution in [0, 0.1) is 11.6 Å². The molecule has 3 aromatic carbocycles. The third kappa shape index (κ3) is 3.69. The number of hydrogen-bond acceptors (Lipinski definition) is 3. The third-order valence-electron chi connectivity index (χ3n) is 5.69. The normalized spacial score (nSPS) is 15.7. The number of nitrogens with one attached hydrogen (secondary N) is 2. The molecule has 4 aromatic rings. The number of H-pyrrole nitrogens is 1. The Balaban J connectivity index is 1.44. The summed E-state index contributed by atoms with van der Waals surface area (Å²) < 4.78 is 33.8. The van der Waals surface area contributed by atoms with Crippen LogP contribution in [0.5, 0.6) is 5.75 Å². The van der Waals surface area contributed by atoms with E-state index in [4.69, 9.17) is 4.74 Å². The van der Waals surface area contributed by atoms with E-state index >= 15 is 0 Å². The van der Waals surface area contributed by atoms with Gasteiger partial charge < -0.3 is 19.9 Å². The van der Waals surface area contributed by atoms with E-state index in [1.165, 1.54) is 4.90 Å². The number of ether oxygens (including phenoxy) is 1. The highest BCUT2D eigenvalue weighted by atomic mass is 19.1. The Kier molecular flexibility index (Phi) is 5.05. The van der Waals surface area contributed by atoms with Crippen molar-refractivity contribution >= 4 is 28.4 Å². The van der Waals surface area contributed by atoms with Crippen molar-refractivity contribution < 1.29 is 23.1 Å². The van der Waals surface area contributed by atoms with E-state index in [-0.39, 0.29) is 23.8 Å². The summed E-state index contributed by atoms with van der Waals surface area (Å²) in [6, 6.07) is 16.2. The summed E-state index contributed by atoms with van der Waals surface area (Å²) in [4.78, 5) is 30.3. The van der Waals surface area contributed by atoms with E-state index in [1.807, 2.05) is 0 Å². The maximum atomic E-state index is 14.4. The first kappa shape index (κ1) is 20.7. The largest absolute Gasteiger partial charge is 0.489 e. The van der Waals surface area contributed by atoms with Crippen LogP contribution in [0.2, 0.25) is 0 Å². The van der Waals surface area contributed by atoms with Crippen molar-refractivity contribution in [3.05, 3.63) is 84.1 Å². The minimum atomic E-state index is -0.901. The molecule has 6 nitrogen and oxygen atoms in total. The number of amides is 2. The van der Waals surface area contributed by atoms with Crippen LogP contribution in [-0.2, 0) is 4.79 Å². The van der Waals surface area contributed by atoms with E-state index in [0.29, 0.717) is 27.9 Å². The number of carbonyl (C=O) groups is 2. The maximum Gasteiger partial charge on any atom is 0.268 e. The van der Waals surface area contributed by atoms with Gasteiger partial charge in [-0.1, -0.05) is 30.3 Å². The van der Waals surface area contributed by atoms with E-state index in [2.05, 4.69) is 10.3 Å². The lowest BCUT2D eigenvalue weighted by molar-refractivity contribution is -0.120. The second-order valence-electron chi connectivity index (χ2n) is 7.78. The number of carbonyl (C=O) groups excluding carboxylic acids is 2. The van der Waals surface area contributed by atoms with Crippen LogP contribution < -0.4 is 15.0 Å². The SMILES string of the molecule is CN1C(=O)[C@@H](NC(=O)c2cc3cccc(-c4cc(F)ccc4F)c3[nH]2)COc2ccccc21.